The van der Waals surface area contributed by atoms with Crippen molar-refractivity contribution in [3.05, 3.63) is 60.1 Å². The highest BCUT2D eigenvalue weighted by Crippen LogP contribution is 2.24. The Morgan fingerprint density at radius 1 is 1.10 bits per heavy atom. The molecule has 0 spiro atoms. The molecule has 0 bridgehead atoms. The van der Waals surface area contributed by atoms with Crippen LogP contribution in [-0.4, -0.2) is 19.1 Å². The average molecular weight is 285 g/mol. The first kappa shape index (κ1) is 13.9. The summed E-state index contributed by atoms with van der Waals surface area (Å²) < 4.78 is 10.8. The Labute approximate surface area is 124 Å². The molecule has 0 aliphatic carbocycles. The van der Waals surface area contributed by atoms with E-state index < -0.39 is 0 Å². The smallest absolute Gasteiger partial charge is 0.224 e. The summed E-state index contributed by atoms with van der Waals surface area (Å²) in [5.41, 5.74) is 1.02. The first-order valence-corrected chi connectivity index (χ1v) is 7.31. The van der Waals surface area contributed by atoms with Crippen LogP contribution in [0.15, 0.2) is 53.1 Å². The van der Waals surface area contributed by atoms with Crippen LogP contribution in [0.4, 0.5) is 0 Å². The fourth-order valence-corrected chi connectivity index (χ4v) is 2.64. The number of hydrogen-bond donors (Lipinski definition) is 1. The molecule has 21 heavy (non-hydrogen) atoms. The van der Waals surface area contributed by atoms with Gasteiger partial charge < -0.3 is 14.5 Å². The highest BCUT2D eigenvalue weighted by Gasteiger charge is 2.26. The van der Waals surface area contributed by atoms with Crippen LogP contribution in [0.25, 0.3) is 0 Å². The summed E-state index contributed by atoms with van der Waals surface area (Å²) in [4.78, 5) is 12.5. The summed E-state index contributed by atoms with van der Waals surface area (Å²) in [6, 6.07) is 13.4. The summed E-state index contributed by atoms with van der Waals surface area (Å²) in [5.74, 6) is 0.852. The molecule has 2 heterocycles. The second kappa shape index (κ2) is 6.59. The number of amides is 1. The van der Waals surface area contributed by atoms with Crippen LogP contribution in [0.1, 0.15) is 30.2 Å². The minimum Gasteiger partial charge on any atom is -0.467 e. The van der Waals surface area contributed by atoms with E-state index in [1.807, 2.05) is 42.5 Å². The Bertz CT molecular complexity index is 559. The number of ether oxygens (including phenoxy) is 1. The SMILES string of the molecule is O=C(NC(c1ccccc1)c1ccco1)C1CCOCC1. The number of nitrogens with one attached hydrogen (secondary N) is 1. The topological polar surface area (TPSA) is 51.5 Å². The van der Waals surface area contributed by atoms with E-state index in [1.54, 1.807) is 6.26 Å². The number of carbonyl (C=O) groups excluding carboxylic acids is 1. The van der Waals surface area contributed by atoms with Gasteiger partial charge in [-0.15, -0.1) is 0 Å². The summed E-state index contributed by atoms with van der Waals surface area (Å²) in [5, 5.41) is 3.12. The maximum atomic E-state index is 12.5. The van der Waals surface area contributed by atoms with Crippen molar-refractivity contribution in [2.75, 3.05) is 13.2 Å². The zero-order valence-electron chi connectivity index (χ0n) is 11.8. The molecule has 1 N–H and O–H groups in total. The summed E-state index contributed by atoms with van der Waals surface area (Å²) >= 11 is 0. The molecule has 2 aromatic rings. The molecule has 0 saturated carbocycles. The number of furan rings is 1. The Hall–Kier alpha value is -2.07. The van der Waals surface area contributed by atoms with Gasteiger partial charge in [0.2, 0.25) is 5.91 Å². The Morgan fingerprint density at radius 3 is 2.52 bits per heavy atom. The zero-order chi connectivity index (χ0) is 14.5. The summed E-state index contributed by atoms with van der Waals surface area (Å²) in [6.07, 6.45) is 3.20. The van der Waals surface area contributed by atoms with E-state index in [-0.39, 0.29) is 17.9 Å². The fraction of sp³-hybridized carbons (Fsp3) is 0.353. The molecular formula is C17H19NO3. The fourth-order valence-electron chi connectivity index (χ4n) is 2.64. The van der Waals surface area contributed by atoms with Crippen LogP contribution >= 0.6 is 0 Å². The third-order valence-corrected chi connectivity index (χ3v) is 3.84. The van der Waals surface area contributed by atoms with Crippen molar-refractivity contribution in [1.29, 1.82) is 0 Å². The summed E-state index contributed by atoms with van der Waals surface area (Å²) in [6.45, 7) is 1.32. The predicted octanol–water partition coefficient (Wildman–Crippen LogP) is 2.91. The van der Waals surface area contributed by atoms with E-state index in [0.29, 0.717) is 13.2 Å². The van der Waals surface area contributed by atoms with Crippen LogP contribution in [0.2, 0.25) is 0 Å². The molecule has 4 heteroatoms. The normalized spacial score (nSPS) is 17.3. The van der Waals surface area contributed by atoms with Gasteiger partial charge in [0, 0.05) is 19.1 Å². The highest BCUT2D eigenvalue weighted by molar-refractivity contribution is 5.79. The first-order valence-electron chi connectivity index (χ1n) is 7.31. The third-order valence-electron chi connectivity index (χ3n) is 3.84. The van der Waals surface area contributed by atoms with Gasteiger partial charge in [-0.2, -0.15) is 0 Å². The van der Waals surface area contributed by atoms with Gasteiger partial charge in [0.15, 0.2) is 0 Å². The molecule has 1 aromatic heterocycles. The molecule has 1 fully saturated rings. The van der Waals surface area contributed by atoms with Gasteiger partial charge >= 0.3 is 0 Å². The van der Waals surface area contributed by atoms with Gasteiger partial charge in [0.05, 0.1) is 6.26 Å². The first-order chi connectivity index (χ1) is 10.3. The molecule has 1 atom stereocenters. The number of rotatable bonds is 4. The maximum Gasteiger partial charge on any atom is 0.224 e. The van der Waals surface area contributed by atoms with E-state index in [2.05, 4.69) is 5.32 Å². The molecule has 1 saturated heterocycles. The lowest BCUT2D eigenvalue weighted by Gasteiger charge is -2.24. The average Bonchev–Trinajstić information content (AvgIpc) is 3.08. The second-order valence-electron chi connectivity index (χ2n) is 5.25. The van der Waals surface area contributed by atoms with Gasteiger partial charge in [-0.1, -0.05) is 30.3 Å². The van der Waals surface area contributed by atoms with E-state index in [0.717, 1.165) is 24.2 Å². The Balaban J connectivity index is 1.78. The van der Waals surface area contributed by atoms with Crippen molar-refractivity contribution in [2.45, 2.75) is 18.9 Å². The van der Waals surface area contributed by atoms with Crippen LogP contribution < -0.4 is 5.32 Å². The van der Waals surface area contributed by atoms with Gasteiger partial charge in [-0.25, -0.2) is 0 Å². The van der Waals surface area contributed by atoms with Crippen molar-refractivity contribution < 1.29 is 13.9 Å². The molecule has 110 valence electrons. The van der Waals surface area contributed by atoms with Crippen LogP contribution in [0.5, 0.6) is 0 Å². The van der Waals surface area contributed by atoms with E-state index >= 15 is 0 Å². The van der Waals surface area contributed by atoms with Gasteiger partial charge in [-0.3, -0.25) is 4.79 Å². The molecule has 0 radical (unpaired) electrons. The molecule has 1 aliphatic rings. The third kappa shape index (κ3) is 3.34. The molecule has 1 aliphatic heterocycles. The molecule has 1 aromatic carbocycles. The van der Waals surface area contributed by atoms with Gasteiger partial charge in [-0.05, 0) is 30.5 Å². The maximum absolute atomic E-state index is 12.5. The number of hydrogen-bond acceptors (Lipinski definition) is 3. The molecule has 1 amide bonds. The minimum atomic E-state index is -0.239. The van der Waals surface area contributed by atoms with Crippen molar-refractivity contribution in [1.82, 2.24) is 5.32 Å². The Kier molecular flexibility index (Phi) is 4.36. The van der Waals surface area contributed by atoms with Crippen molar-refractivity contribution in [2.24, 2.45) is 5.92 Å². The van der Waals surface area contributed by atoms with Crippen molar-refractivity contribution >= 4 is 5.91 Å². The van der Waals surface area contributed by atoms with E-state index in [1.165, 1.54) is 0 Å². The quantitative estimate of drug-likeness (QED) is 0.939. The van der Waals surface area contributed by atoms with Crippen LogP contribution in [0, 0.1) is 5.92 Å². The van der Waals surface area contributed by atoms with Gasteiger partial charge in [0.25, 0.3) is 0 Å². The lowest BCUT2D eigenvalue weighted by Crippen LogP contribution is -2.37. The van der Waals surface area contributed by atoms with Crippen molar-refractivity contribution in [3.63, 3.8) is 0 Å². The molecule has 4 nitrogen and oxygen atoms in total. The monoisotopic (exact) mass is 285 g/mol. The lowest BCUT2D eigenvalue weighted by molar-refractivity contribution is -0.128. The number of benzene rings is 1. The molecular weight excluding hydrogens is 266 g/mol. The minimum absolute atomic E-state index is 0.0277. The molecule has 1 unspecified atom stereocenters. The Morgan fingerprint density at radius 2 is 1.86 bits per heavy atom. The van der Waals surface area contributed by atoms with Crippen molar-refractivity contribution in [3.8, 4) is 0 Å². The van der Waals surface area contributed by atoms with Crippen LogP contribution in [-0.2, 0) is 9.53 Å². The van der Waals surface area contributed by atoms with Crippen LogP contribution in [0.3, 0.4) is 0 Å². The largest absolute Gasteiger partial charge is 0.467 e. The highest BCUT2D eigenvalue weighted by atomic mass is 16.5. The summed E-state index contributed by atoms with van der Waals surface area (Å²) in [7, 11) is 0. The van der Waals surface area contributed by atoms with E-state index in [4.69, 9.17) is 9.15 Å². The zero-order valence-corrected chi connectivity index (χ0v) is 11.8. The second-order valence-corrected chi connectivity index (χ2v) is 5.25. The standard InChI is InChI=1S/C17H19NO3/c19-17(14-8-11-20-12-9-14)18-16(15-7-4-10-21-15)13-5-2-1-3-6-13/h1-7,10,14,16H,8-9,11-12H2,(H,18,19). The lowest BCUT2D eigenvalue weighted by atomic mass is 9.97. The van der Waals surface area contributed by atoms with E-state index in [9.17, 15) is 4.79 Å². The number of carbonyl (C=O) groups is 1. The molecule has 3 rings (SSSR count). The van der Waals surface area contributed by atoms with Gasteiger partial charge in [0.1, 0.15) is 11.8 Å². The predicted molar refractivity (Wildman–Crippen MR) is 78.7 cm³/mol.